The summed E-state index contributed by atoms with van der Waals surface area (Å²) in [4.78, 5) is 28.9. The molecule has 0 bridgehead atoms. The molecule has 10 heteroatoms. The van der Waals surface area contributed by atoms with Gasteiger partial charge in [0.05, 0.1) is 23.1 Å². The molecule has 0 spiro atoms. The van der Waals surface area contributed by atoms with Crippen molar-refractivity contribution >= 4 is 39.0 Å². The van der Waals surface area contributed by atoms with Crippen LogP contribution in [0, 0.1) is 11.6 Å². The average molecular weight is 467 g/mol. The predicted molar refractivity (Wildman–Crippen MR) is 124 cm³/mol. The maximum Gasteiger partial charge on any atom is 0.274 e. The SMILES string of the molecule is N[C@H]1CCCN(c2c(NC(=O)c3ccc(F)c(-c4ccccc4F)n3)cnc3scnc23)C1. The van der Waals surface area contributed by atoms with E-state index in [1.807, 2.05) is 0 Å². The van der Waals surface area contributed by atoms with Gasteiger partial charge in [-0.3, -0.25) is 4.79 Å². The quantitative estimate of drug-likeness (QED) is 0.468. The lowest BCUT2D eigenvalue weighted by Gasteiger charge is -2.33. The molecule has 3 N–H and O–H groups in total. The van der Waals surface area contributed by atoms with E-state index in [0.29, 0.717) is 17.7 Å². The van der Waals surface area contributed by atoms with Gasteiger partial charge in [0, 0.05) is 24.7 Å². The van der Waals surface area contributed by atoms with Crippen LogP contribution in [-0.2, 0) is 0 Å². The number of carbonyl (C=O) groups excluding carboxylic acids is 1. The summed E-state index contributed by atoms with van der Waals surface area (Å²) in [5, 5.41) is 2.84. The summed E-state index contributed by atoms with van der Waals surface area (Å²) >= 11 is 1.41. The number of halogens is 2. The van der Waals surface area contributed by atoms with E-state index >= 15 is 0 Å². The molecule has 168 valence electrons. The van der Waals surface area contributed by atoms with Crippen molar-refractivity contribution in [3.8, 4) is 11.3 Å². The Balaban J connectivity index is 1.51. The van der Waals surface area contributed by atoms with Gasteiger partial charge in [-0.15, -0.1) is 11.3 Å². The van der Waals surface area contributed by atoms with Gasteiger partial charge in [0.15, 0.2) is 0 Å². The highest BCUT2D eigenvalue weighted by molar-refractivity contribution is 7.16. The number of nitrogens with zero attached hydrogens (tertiary/aromatic N) is 4. The molecule has 1 aliphatic heterocycles. The number of hydrogen-bond acceptors (Lipinski definition) is 7. The van der Waals surface area contributed by atoms with Gasteiger partial charge in [0.2, 0.25) is 0 Å². The number of pyridine rings is 2. The largest absolute Gasteiger partial charge is 0.366 e. The van der Waals surface area contributed by atoms with Crippen molar-refractivity contribution in [3.05, 3.63) is 65.4 Å². The second-order valence-corrected chi connectivity index (χ2v) is 8.67. The first-order chi connectivity index (χ1) is 16.0. The maximum atomic E-state index is 14.4. The fraction of sp³-hybridized carbons (Fsp3) is 0.217. The third-order valence-corrected chi connectivity index (χ3v) is 6.30. The molecule has 1 amide bonds. The number of nitrogens with one attached hydrogen (secondary N) is 1. The zero-order valence-corrected chi connectivity index (χ0v) is 18.3. The first-order valence-electron chi connectivity index (χ1n) is 10.5. The minimum absolute atomic E-state index is 0.0156. The van der Waals surface area contributed by atoms with Crippen LogP contribution in [0.3, 0.4) is 0 Å². The van der Waals surface area contributed by atoms with Crippen molar-refractivity contribution in [1.29, 1.82) is 0 Å². The monoisotopic (exact) mass is 466 g/mol. The molecule has 3 aromatic heterocycles. The van der Waals surface area contributed by atoms with E-state index in [2.05, 4.69) is 25.2 Å². The van der Waals surface area contributed by atoms with Gasteiger partial charge in [0.25, 0.3) is 5.91 Å². The second kappa shape index (κ2) is 8.80. The number of piperidine rings is 1. The maximum absolute atomic E-state index is 14.4. The van der Waals surface area contributed by atoms with Crippen LogP contribution in [0.1, 0.15) is 23.3 Å². The smallest absolute Gasteiger partial charge is 0.274 e. The van der Waals surface area contributed by atoms with E-state index in [0.717, 1.165) is 36.0 Å². The van der Waals surface area contributed by atoms with Crippen LogP contribution in [0.15, 0.2) is 48.1 Å². The van der Waals surface area contributed by atoms with E-state index < -0.39 is 17.5 Å². The van der Waals surface area contributed by atoms with Crippen LogP contribution in [0.2, 0.25) is 0 Å². The zero-order chi connectivity index (χ0) is 22.9. The number of thiazole rings is 1. The molecule has 0 radical (unpaired) electrons. The number of anilines is 2. The molecule has 0 saturated carbocycles. The van der Waals surface area contributed by atoms with Crippen LogP contribution in [-0.4, -0.2) is 40.0 Å². The van der Waals surface area contributed by atoms with Crippen LogP contribution < -0.4 is 16.0 Å². The Bertz CT molecular complexity index is 1340. The summed E-state index contributed by atoms with van der Waals surface area (Å²) < 4.78 is 28.6. The first-order valence-corrected chi connectivity index (χ1v) is 11.3. The Kier molecular flexibility index (Phi) is 5.69. The summed E-state index contributed by atoms with van der Waals surface area (Å²) in [6.07, 6.45) is 3.44. The molecule has 1 fully saturated rings. The number of fused-ring (bicyclic) bond motifs is 1. The lowest BCUT2D eigenvalue weighted by atomic mass is 10.1. The molecule has 1 aliphatic rings. The molecule has 0 aliphatic carbocycles. The van der Waals surface area contributed by atoms with Gasteiger partial charge in [-0.1, -0.05) is 12.1 Å². The lowest BCUT2D eigenvalue weighted by molar-refractivity contribution is 0.102. The molecule has 1 atom stereocenters. The number of amides is 1. The Hall–Kier alpha value is -3.50. The van der Waals surface area contributed by atoms with E-state index in [-0.39, 0.29) is 23.0 Å². The molecular weight excluding hydrogens is 446 g/mol. The molecule has 33 heavy (non-hydrogen) atoms. The summed E-state index contributed by atoms with van der Waals surface area (Å²) in [6.45, 7) is 1.41. The molecule has 4 heterocycles. The first kappa shape index (κ1) is 21.4. The number of rotatable bonds is 4. The van der Waals surface area contributed by atoms with Gasteiger partial charge in [-0.05, 0) is 37.1 Å². The fourth-order valence-electron chi connectivity index (χ4n) is 4.03. The van der Waals surface area contributed by atoms with Crippen LogP contribution in [0.5, 0.6) is 0 Å². The van der Waals surface area contributed by atoms with E-state index in [9.17, 15) is 13.6 Å². The van der Waals surface area contributed by atoms with Gasteiger partial charge in [-0.2, -0.15) is 0 Å². The highest BCUT2D eigenvalue weighted by atomic mass is 32.1. The van der Waals surface area contributed by atoms with Crippen molar-refractivity contribution in [2.45, 2.75) is 18.9 Å². The fourth-order valence-corrected chi connectivity index (χ4v) is 4.66. The minimum Gasteiger partial charge on any atom is -0.366 e. The minimum atomic E-state index is -0.717. The predicted octanol–water partition coefficient (Wildman–Crippen LogP) is 4.21. The van der Waals surface area contributed by atoms with Gasteiger partial charge in [-0.25, -0.2) is 23.7 Å². The van der Waals surface area contributed by atoms with Crippen molar-refractivity contribution in [2.24, 2.45) is 5.73 Å². The van der Waals surface area contributed by atoms with Crippen LogP contribution in [0.4, 0.5) is 20.2 Å². The summed E-state index contributed by atoms with van der Waals surface area (Å²) in [5.74, 6) is -1.90. The van der Waals surface area contributed by atoms with Gasteiger partial charge < -0.3 is 16.0 Å². The molecule has 7 nitrogen and oxygen atoms in total. The van der Waals surface area contributed by atoms with Crippen molar-refractivity contribution in [1.82, 2.24) is 15.0 Å². The van der Waals surface area contributed by atoms with Crippen molar-refractivity contribution in [3.63, 3.8) is 0 Å². The topological polar surface area (TPSA) is 97.0 Å². The average Bonchev–Trinajstić information content (AvgIpc) is 3.28. The molecule has 4 aromatic rings. The third-order valence-electron chi connectivity index (χ3n) is 5.57. The number of aromatic nitrogens is 3. The Labute approximate surface area is 192 Å². The second-order valence-electron chi connectivity index (χ2n) is 7.84. The third kappa shape index (κ3) is 4.14. The number of nitrogens with two attached hydrogens (primary N) is 1. The van der Waals surface area contributed by atoms with E-state index in [1.54, 1.807) is 17.8 Å². The Morgan fingerprint density at radius 2 is 2.00 bits per heavy atom. The number of benzene rings is 1. The van der Waals surface area contributed by atoms with Gasteiger partial charge in [0.1, 0.15) is 33.4 Å². The summed E-state index contributed by atoms with van der Waals surface area (Å²) in [5.41, 5.74) is 9.50. The van der Waals surface area contributed by atoms with Crippen LogP contribution in [0.25, 0.3) is 21.6 Å². The van der Waals surface area contributed by atoms with Crippen molar-refractivity contribution in [2.75, 3.05) is 23.3 Å². The highest BCUT2D eigenvalue weighted by Gasteiger charge is 2.25. The Morgan fingerprint density at radius 3 is 2.82 bits per heavy atom. The molecule has 0 unspecified atom stereocenters. The Morgan fingerprint density at radius 1 is 1.15 bits per heavy atom. The van der Waals surface area contributed by atoms with E-state index in [4.69, 9.17) is 5.73 Å². The standard InChI is InChI=1S/C23H20F2N6OS/c24-15-6-2-1-5-14(15)19-16(25)7-8-17(29-19)22(32)30-18-10-27-23-20(28-12-33-23)21(18)31-9-3-4-13(26)11-31/h1-2,5-8,10,12-13H,3-4,9,11,26H2,(H,30,32)/t13-/m0/s1. The lowest BCUT2D eigenvalue weighted by Crippen LogP contribution is -2.43. The molecule has 1 saturated heterocycles. The number of carbonyl (C=O) groups is 1. The van der Waals surface area contributed by atoms with Crippen molar-refractivity contribution < 1.29 is 13.6 Å². The summed E-state index contributed by atoms with van der Waals surface area (Å²) in [7, 11) is 0. The highest BCUT2D eigenvalue weighted by Crippen LogP contribution is 2.36. The van der Waals surface area contributed by atoms with Crippen LogP contribution >= 0.6 is 11.3 Å². The molecular formula is C23H20F2N6OS. The zero-order valence-electron chi connectivity index (χ0n) is 17.5. The normalized spacial score (nSPS) is 16.2. The molecule has 1 aromatic carbocycles. The summed E-state index contributed by atoms with van der Waals surface area (Å²) in [6, 6.07) is 8.11. The van der Waals surface area contributed by atoms with Gasteiger partial charge >= 0.3 is 0 Å². The molecule has 5 rings (SSSR count). The van der Waals surface area contributed by atoms with E-state index in [1.165, 1.54) is 35.6 Å². The number of hydrogen-bond donors (Lipinski definition) is 2.